The van der Waals surface area contributed by atoms with E-state index in [1.807, 2.05) is 6.92 Å². The highest BCUT2D eigenvalue weighted by Gasteiger charge is 2.06. The zero-order valence-corrected chi connectivity index (χ0v) is 7.10. The number of quaternary nitrogens is 1. The minimum atomic E-state index is -1.33. The molecule has 4 heteroatoms. The first-order valence-electron chi connectivity index (χ1n) is 3.07. The van der Waals surface area contributed by atoms with E-state index >= 15 is 0 Å². The Morgan fingerprint density at radius 2 is 2.11 bits per heavy atom. The normalized spacial score (nSPS) is 17.3. The fourth-order valence-corrected chi connectivity index (χ4v) is 0.808. The molecular formula is C5H12BrNO2. The van der Waals surface area contributed by atoms with Crippen LogP contribution in [0.5, 0.6) is 0 Å². The Hall–Kier alpha value is 0.360. The summed E-state index contributed by atoms with van der Waals surface area (Å²) in [6.45, 7) is 2.28. The molecule has 0 aliphatic rings. The minimum Gasteiger partial charge on any atom is -0.588 e. The van der Waals surface area contributed by atoms with Gasteiger partial charge >= 0.3 is 0 Å². The van der Waals surface area contributed by atoms with Gasteiger partial charge in [-0.15, -0.1) is 3.84 Å². The van der Waals surface area contributed by atoms with Gasteiger partial charge < -0.3 is 5.21 Å². The highest BCUT2D eigenvalue weighted by atomic mass is 79.9. The van der Waals surface area contributed by atoms with Crippen LogP contribution in [0.1, 0.15) is 26.2 Å². The van der Waals surface area contributed by atoms with Gasteiger partial charge in [0.25, 0.3) is 16.1 Å². The third kappa shape index (κ3) is 8.36. The second-order valence-corrected chi connectivity index (χ2v) is 3.16. The SMILES string of the molecule is CCCCC[N+]([O-])(O)Br. The molecule has 0 saturated carbocycles. The molecular weight excluding hydrogens is 186 g/mol. The molecule has 9 heavy (non-hydrogen) atoms. The Bertz CT molecular complexity index is 71.8. The topological polar surface area (TPSA) is 43.3 Å². The summed E-state index contributed by atoms with van der Waals surface area (Å²) in [5, 5.41) is 18.9. The second kappa shape index (κ2) is 4.22. The molecule has 0 heterocycles. The number of hydrogen-bond donors (Lipinski definition) is 1. The maximum atomic E-state index is 10.4. The lowest BCUT2D eigenvalue weighted by Crippen LogP contribution is -2.26. The molecule has 0 amide bonds. The quantitative estimate of drug-likeness (QED) is 0.427. The van der Waals surface area contributed by atoms with E-state index in [4.69, 9.17) is 5.21 Å². The van der Waals surface area contributed by atoms with Crippen LogP contribution in [0.25, 0.3) is 0 Å². The van der Waals surface area contributed by atoms with E-state index < -0.39 is 3.84 Å². The predicted octanol–water partition coefficient (Wildman–Crippen LogP) is 2.19. The van der Waals surface area contributed by atoms with E-state index in [-0.39, 0.29) is 6.54 Å². The molecule has 0 aromatic heterocycles. The first-order valence-corrected chi connectivity index (χ1v) is 3.78. The first kappa shape index (κ1) is 9.36. The maximum Gasteiger partial charge on any atom is 0.267 e. The summed E-state index contributed by atoms with van der Waals surface area (Å²) in [5.74, 6) is 0. The summed E-state index contributed by atoms with van der Waals surface area (Å²) in [5.41, 5.74) is 0. The van der Waals surface area contributed by atoms with Gasteiger partial charge in [-0.25, -0.2) is 5.21 Å². The van der Waals surface area contributed by atoms with Crippen LogP contribution in [0.3, 0.4) is 0 Å². The van der Waals surface area contributed by atoms with E-state index in [0.717, 1.165) is 19.3 Å². The van der Waals surface area contributed by atoms with Gasteiger partial charge in [-0.05, 0) is 6.42 Å². The van der Waals surface area contributed by atoms with E-state index in [9.17, 15) is 5.21 Å². The number of nitrogens with zero attached hydrogens (tertiary/aromatic N) is 1. The number of hydrogen-bond acceptors (Lipinski definition) is 2. The van der Waals surface area contributed by atoms with Crippen molar-refractivity contribution in [3.63, 3.8) is 0 Å². The smallest absolute Gasteiger partial charge is 0.267 e. The van der Waals surface area contributed by atoms with Crippen LogP contribution >= 0.6 is 16.1 Å². The molecule has 0 aliphatic heterocycles. The largest absolute Gasteiger partial charge is 0.588 e. The van der Waals surface area contributed by atoms with Crippen molar-refractivity contribution in [1.82, 2.24) is 0 Å². The number of halogens is 1. The molecule has 0 aliphatic carbocycles. The molecule has 0 aromatic carbocycles. The third-order valence-corrected chi connectivity index (χ3v) is 1.39. The summed E-state index contributed by atoms with van der Waals surface area (Å²) in [6, 6.07) is 0. The van der Waals surface area contributed by atoms with Gasteiger partial charge in [0.05, 0.1) is 0 Å². The van der Waals surface area contributed by atoms with Crippen LogP contribution in [0.15, 0.2) is 0 Å². The minimum absolute atomic E-state index is 0.230. The average Bonchev–Trinajstić information content (AvgIpc) is 1.63. The fourth-order valence-electron chi connectivity index (χ4n) is 0.557. The van der Waals surface area contributed by atoms with E-state index in [0.29, 0.717) is 0 Å². The van der Waals surface area contributed by atoms with E-state index in [1.54, 1.807) is 0 Å². The fraction of sp³-hybridized carbons (Fsp3) is 1.00. The van der Waals surface area contributed by atoms with Crippen molar-refractivity contribution in [2.75, 3.05) is 6.54 Å². The van der Waals surface area contributed by atoms with Crippen molar-refractivity contribution >= 4 is 16.1 Å². The molecule has 56 valence electrons. The summed E-state index contributed by atoms with van der Waals surface area (Å²) >= 11 is 2.55. The predicted molar refractivity (Wildman–Crippen MR) is 38.7 cm³/mol. The molecule has 1 N–H and O–H groups in total. The van der Waals surface area contributed by atoms with Crippen molar-refractivity contribution in [1.29, 1.82) is 0 Å². The van der Waals surface area contributed by atoms with Gasteiger partial charge in [-0.2, -0.15) is 0 Å². The van der Waals surface area contributed by atoms with E-state index in [1.165, 1.54) is 0 Å². The van der Waals surface area contributed by atoms with Crippen LogP contribution in [0.2, 0.25) is 0 Å². The van der Waals surface area contributed by atoms with Crippen LogP contribution in [0, 0.1) is 5.21 Å². The molecule has 0 bridgehead atoms. The van der Waals surface area contributed by atoms with Crippen LogP contribution in [-0.2, 0) is 0 Å². The molecule has 0 rings (SSSR count). The molecule has 0 aromatic rings. The van der Waals surface area contributed by atoms with Crippen LogP contribution in [0.4, 0.5) is 0 Å². The zero-order valence-electron chi connectivity index (χ0n) is 5.51. The maximum absolute atomic E-state index is 10.4. The van der Waals surface area contributed by atoms with E-state index in [2.05, 4.69) is 16.1 Å². The van der Waals surface area contributed by atoms with Crippen molar-refractivity contribution in [3.05, 3.63) is 5.21 Å². The molecule has 0 saturated heterocycles. The Balaban J connectivity index is 3.07. The standard InChI is InChI=1S/C5H12BrNO2/c1-2-3-4-5-7(6,8)9/h8H,2-5H2,1H3. The lowest BCUT2D eigenvalue weighted by atomic mass is 10.2. The Labute approximate surface area is 63.7 Å². The number of unbranched alkanes of at least 4 members (excludes halogenated alkanes) is 2. The number of rotatable bonds is 4. The number of hydroxylamine groups is 2. The Morgan fingerprint density at radius 3 is 2.44 bits per heavy atom. The van der Waals surface area contributed by atoms with Gasteiger partial charge in [-0.3, -0.25) is 0 Å². The zero-order chi connectivity index (χ0) is 7.33. The van der Waals surface area contributed by atoms with Crippen LogP contribution in [-0.4, -0.2) is 15.6 Å². The summed E-state index contributed by atoms with van der Waals surface area (Å²) in [7, 11) is 0. The second-order valence-electron chi connectivity index (χ2n) is 2.05. The molecule has 1 unspecified atom stereocenters. The van der Waals surface area contributed by atoms with Gasteiger partial charge in [0.1, 0.15) is 6.54 Å². The Morgan fingerprint density at radius 1 is 1.56 bits per heavy atom. The lowest BCUT2D eigenvalue weighted by molar-refractivity contribution is -0.937. The highest BCUT2D eigenvalue weighted by molar-refractivity contribution is 9.05. The summed E-state index contributed by atoms with van der Waals surface area (Å²) < 4.78 is -1.33. The van der Waals surface area contributed by atoms with Crippen molar-refractivity contribution in [3.8, 4) is 0 Å². The van der Waals surface area contributed by atoms with Gasteiger partial charge in [0.15, 0.2) is 0 Å². The van der Waals surface area contributed by atoms with Crippen molar-refractivity contribution in [2.45, 2.75) is 26.2 Å². The summed E-state index contributed by atoms with van der Waals surface area (Å²) in [6.07, 6.45) is 2.82. The van der Waals surface area contributed by atoms with Crippen molar-refractivity contribution in [2.24, 2.45) is 0 Å². The lowest BCUT2D eigenvalue weighted by Gasteiger charge is -2.23. The Kier molecular flexibility index (Phi) is 4.39. The molecule has 1 atom stereocenters. The van der Waals surface area contributed by atoms with Crippen LogP contribution < -0.4 is 0 Å². The molecule has 3 nitrogen and oxygen atoms in total. The van der Waals surface area contributed by atoms with Gasteiger partial charge in [0, 0.05) is 6.42 Å². The monoisotopic (exact) mass is 197 g/mol. The third-order valence-electron chi connectivity index (χ3n) is 1.04. The average molecular weight is 198 g/mol. The molecule has 0 spiro atoms. The van der Waals surface area contributed by atoms with Gasteiger partial charge in [0.2, 0.25) is 0 Å². The summed E-state index contributed by atoms with van der Waals surface area (Å²) in [4.78, 5) is 0. The molecule has 0 fully saturated rings. The highest BCUT2D eigenvalue weighted by Crippen LogP contribution is 2.09. The van der Waals surface area contributed by atoms with Crippen molar-refractivity contribution < 1.29 is 9.04 Å². The van der Waals surface area contributed by atoms with Gasteiger partial charge in [-0.1, -0.05) is 13.3 Å². The molecule has 0 radical (unpaired) electrons. The first-order chi connectivity index (χ1) is 4.06.